The van der Waals surface area contributed by atoms with Gasteiger partial charge in [0.2, 0.25) is 5.76 Å². The third-order valence-corrected chi connectivity index (χ3v) is 9.55. The van der Waals surface area contributed by atoms with E-state index in [9.17, 15) is 30.7 Å². The van der Waals surface area contributed by atoms with Crippen LogP contribution in [0.1, 0.15) is 59.9 Å². The monoisotopic (exact) mass is 636 g/mol. The highest BCUT2D eigenvalue weighted by atomic mass is 19.4. The number of halogens is 7. The SMILES string of the molecule is N[C@@H](CN1CC2=C(CCC23CCN(Cc2ccc(C(F)(F)F)o2)CC3)N(Cc2c(F)cccc2C(F)(F)F)C1)c1ccccc1. The van der Waals surface area contributed by atoms with Crippen molar-refractivity contribution >= 4 is 0 Å². The van der Waals surface area contributed by atoms with Gasteiger partial charge in [-0.05, 0) is 79.6 Å². The Morgan fingerprint density at radius 1 is 0.822 bits per heavy atom. The van der Waals surface area contributed by atoms with Gasteiger partial charge in [-0.2, -0.15) is 26.3 Å². The number of fused-ring (bicyclic) bond motifs is 1. The van der Waals surface area contributed by atoms with Gasteiger partial charge in [0.25, 0.3) is 0 Å². The molecular formula is C33H35F7N4O. The van der Waals surface area contributed by atoms with Crippen molar-refractivity contribution < 1.29 is 35.2 Å². The number of hydrogen-bond acceptors (Lipinski definition) is 5. The van der Waals surface area contributed by atoms with Crippen LogP contribution in [0.25, 0.3) is 0 Å². The van der Waals surface area contributed by atoms with Crippen molar-refractivity contribution in [2.45, 2.75) is 57.2 Å². The van der Waals surface area contributed by atoms with Gasteiger partial charge in [0.1, 0.15) is 11.6 Å². The molecule has 2 aliphatic heterocycles. The van der Waals surface area contributed by atoms with Gasteiger partial charge in [0.05, 0.1) is 18.8 Å². The zero-order valence-corrected chi connectivity index (χ0v) is 24.6. The lowest BCUT2D eigenvalue weighted by Gasteiger charge is -2.46. The van der Waals surface area contributed by atoms with Gasteiger partial charge in [-0.15, -0.1) is 0 Å². The van der Waals surface area contributed by atoms with Crippen LogP contribution in [0.2, 0.25) is 0 Å². The molecule has 1 saturated heterocycles. The van der Waals surface area contributed by atoms with E-state index in [0.29, 0.717) is 39.3 Å². The molecule has 5 nitrogen and oxygen atoms in total. The maximum Gasteiger partial charge on any atom is 0.449 e. The first-order valence-corrected chi connectivity index (χ1v) is 15.1. The Balaban J connectivity index is 1.25. The second-order valence-electron chi connectivity index (χ2n) is 12.4. The first-order valence-electron chi connectivity index (χ1n) is 15.1. The molecule has 1 atom stereocenters. The predicted molar refractivity (Wildman–Crippen MR) is 154 cm³/mol. The van der Waals surface area contributed by atoms with Crippen molar-refractivity contribution in [3.8, 4) is 0 Å². The Labute approximate surface area is 257 Å². The molecule has 12 heteroatoms. The number of nitrogens with zero attached hydrogens (tertiary/aromatic N) is 3. The highest BCUT2D eigenvalue weighted by Crippen LogP contribution is 2.53. The van der Waals surface area contributed by atoms with E-state index in [1.165, 1.54) is 6.07 Å². The quantitative estimate of drug-likeness (QED) is 0.272. The van der Waals surface area contributed by atoms with Crippen LogP contribution < -0.4 is 5.73 Å². The van der Waals surface area contributed by atoms with Gasteiger partial charge in [-0.25, -0.2) is 4.39 Å². The molecule has 242 valence electrons. The number of hydrogen-bond donors (Lipinski definition) is 1. The van der Waals surface area contributed by atoms with Crippen LogP contribution in [-0.4, -0.2) is 47.5 Å². The second-order valence-corrected chi connectivity index (χ2v) is 12.4. The molecule has 0 unspecified atom stereocenters. The molecule has 2 aromatic carbocycles. The standard InChI is InChI=1S/C33H35F7N4O/c34-27-8-4-7-25(32(35,36)37)24(27)18-44-21-43(20-28(41)22-5-2-1-3-6-22)19-26-29(44)11-12-31(26)13-15-42(16-14-31)17-23-9-10-30(45-23)33(38,39)40/h1-10,28H,11-21,41H2/t28-/m0/s1. The average molecular weight is 637 g/mol. The highest BCUT2D eigenvalue weighted by molar-refractivity contribution is 5.36. The number of allylic oxidation sites excluding steroid dienone is 1. The fraction of sp³-hybridized carbons (Fsp3) is 0.455. The zero-order chi connectivity index (χ0) is 32.0. The van der Waals surface area contributed by atoms with E-state index in [1.54, 1.807) is 0 Å². The molecule has 1 aliphatic carbocycles. The summed E-state index contributed by atoms with van der Waals surface area (Å²) in [6.07, 6.45) is -6.27. The summed E-state index contributed by atoms with van der Waals surface area (Å²) < 4.78 is 101. The summed E-state index contributed by atoms with van der Waals surface area (Å²) in [5.41, 5.74) is 8.08. The van der Waals surface area contributed by atoms with Gasteiger partial charge in [0.15, 0.2) is 0 Å². The molecule has 3 heterocycles. The maximum absolute atomic E-state index is 15.0. The minimum Gasteiger partial charge on any atom is -0.455 e. The maximum atomic E-state index is 15.0. The van der Waals surface area contributed by atoms with Crippen molar-refractivity contribution in [1.82, 2.24) is 14.7 Å². The summed E-state index contributed by atoms with van der Waals surface area (Å²) in [6, 6.07) is 14.6. The van der Waals surface area contributed by atoms with E-state index in [4.69, 9.17) is 10.2 Å². The van der Waals surface area contributed by atoms with Crippen LogP contribution in [-0.2, 0) is 25.4 Å². The van der Waals surface area contributed by atoms with Crippen molar-refractivity contribution in [3.63, 3.8) is 0 Å². The number of alkyl halides is 6. The Morgan fingerprint density at radius 2 is 1.56 bits per heavy atom. The van der Waals surface area contributed by atoms with Crippen molar-refractivity contribution in [3.05, 3.63) is 106 Å². The summed E-state index contributed by atoms with van der Waals surface area (Å²) in [5, 5.41) is 0. The Morgan fingerprint density at radius 3 is 2.22 bits per heavy atom. The van der Waals surface area contributed by atoms with Gasteiger partial charge >= 0.3 is 12.4 Å². The Kier molecular flexibility index (Phi) is 8.51. The van der Waals surface area contributed by atoms with Crippen molar-refractivity contribution in [1.29, 1.82) is 0 Å². The number of nitrogens with two attached hydrogens (primary N) is 1. The van der Waals surface area contributed by atoms with E-state index in [1.807, 2.05) is 35.2 Å². The third kappa shape index (κ3) is 6.64. The van der Waals surface area contributed by atoms with Gasteiger partial charge in [-0.1, -0.05) is 36.4 Å². The number of piperidine rings is 1. The molecule has 0 radical (unpaired) electrons. The van der Waals surface area contributed by atoms with Crippen LogP contribution in [0, 0.1) is 11.2 Å². The molecule has 1 aromatic heterocycles. The van der Waals surface area contributed by atoms with Crippen LogP contribution in [0.15, 0.2) is 76.4 Å². The smallest absolute Gasteiger partial charge is 0.449 e. The summed E-state index contributed by atoms with van der Waals surface area (Å²) in [4.78, 5) is 6.08. The molecule has 1 spiro atoms. The molecular weight excluding hydrogens is 601 g/mol. The van der Waals surface area contributed by atoms with Crippen LogP contribution >= 0.6 is 0 Å². The van der Waals surface area contributed by atoms with Crippen LogP contribution in [0.5, 0.6) is 0 Å². The van der Waals surface area contributed by atoms with E-state index in [2.05, 4.69) is 9.80 Å². The minimum atomic E-state index is -4.70. The summed E-state index contributed by atoms with van der Waals surface area (Å²) in [7, 11) is 0. The Hall–Kier alpha value is -3.35. The molecule has 6 rings (SSSR count). The lowest BCUT2D eigenvalue weighted by atomic mass is 9.72. The van der Waals surface area contributed by atoms with E-state index in [-0.39, 0.29) is 35.9 Å². The van der Waals surface area contributed by atoms with Crippen LogP contribution in [0.3, 0.4) is 0 Å². The summed E-state index contributed by atoms with van der Waals surface area (Å²) in [5.74, 6) is -1.66. The fourth-order valence-electron chi connectivity index (χ4n) is 7.23. The highest BCUT2D eigenvalue weighted by Gasteiger charge is 2.47. The molecule has 0 bridgehead atoms. The number of furan rings is 1. The molecule has 1 fully saturated rings. The molecule has 3 aromatic rings. The third-order valence-electron chi connectivity index (χ3n) is 9.55. The topological polar surface area (TPSA) is 48.9 Å². The molecule has 0 saturated carbocycles. The Bertz CT molecular complexity index is 1520. The lowest BCUT2D eigenvalue weighted by Crippen LogP contribution is -2.48. The number of benzene rings is 2. The first-order chi connectivity index (χ1) is 21.3. The molecule has 2 N–H and O–H groups in total. The average Bonchev–Trinajstić information content (AvgIpc) is 3.61. The number of likely N-dealkylation sites (tertiary alicyclic amines) is 1. The van der Waals surface area contributed by atoms with E-state index in [0.717, 1.165) is 60.4 Å². The molecule has 45 heavy (non-hydrogen) atoms. The summed E-state index contributed by atoms with van der Waals surface area (Å²) in [6.45, 7) is 2.68. The van der Waals surface area contributed by atoms with Crippen molar-refractivity contribution in [2.24, 2.45) is 11.1 Å². The minimum absolute atomic E-state index is 0.206. The van der Waals surface area contributed by atoms with Crippen molar-refractivity contribution in [2.75, 3.05) is 32.8 Å². The van der Waals surface area contributed by atoms with Crippen LogP contribution in [0.4, 0.5) is 30.7 Å². The summed E-state index contributed by atoms with van der Waals surface area (Å²) >= 11 is 0. The van der Waals surface area contributed by atoms with Gasteiger partial charge < -0.3 is 15.1 Å². The normalized spacial score (nSPS) is 20.2. The van der Waals surface area contributed by atoms with Gasteiger partial charge in [-0.3, -0.25) is 9.80 Å². The van der Waals surface area contributed by atoms with Gasteiger partial charge in [0, 0.05) is 36.9 Å². The first kappa shape index (κ1) is 31.6. The fourth-order valence-corrected chi connectivity index (χ4v) is 7.23. The second kappa shape index (κ2) is 12.1. The molecule has 3 aliphatic rings. The van der Waals surface area contributed by atoms with E-state index < -0.39 is 29.5 Å². The molecule has 0 amide bonds. The lowest BCUT2D eigenvalue weighted by molar-refractivity contribution is -0.153. The zero-order valence-electron chi connectivity index (χ0n) is 24.6. The predicted octanol–water partition coefficient (Wildman–Crippen LogP) is 7.56. The largest absolute Gasteiger partial charge is 0.455 e. The van der Waals surface area contributed by atoms with E-state index >= 15 is 0 Å². The number of rotatable bonds is 7.